The summed E-state index contributed by atoms with van der Waals surface area (Å²) in [5.41, 5.74) is 1.26. The van der Waals surface area contributed by atoms with E-state index in [1.165, 1.54) is 5.56 Å². The zero-order valence-corrected chi connectivity index (χ0v) is 11.7. The molecule has 1 aliphatic rings. The van der Waals surface area contributed by atoms with Gasteiger partial charge in [-0.15, -0.1) is 0 Å². The lowest BCUT2D eigenvalue weighted by Gasteiger charge is -2.36. The molecule has 0 amide bonds. The van der Waals surface area contributed by atoms with E-state index in [1.807, 2.05) is 31.6 Å². The molecule has 0 atom stereocenters. The van der Waals surface area contributed by atoms with Crippen LogP contribution in [0.25, 0.3) is 0 Å². The van der Waals surface area contributed by atoms with Gasteiger partial charge in [0, 0.05) is 38.4 Å². The van der Waals surface area contributed by atoms with Gasteiger partial charge in [0.25, 0.3) is 0 Å². The van der Waals surface area contributed by atoms with Crippen molar-refractivity contribution < 1.29 is 4.39 Å². The van der Waals surface area contributed by atoms with Crippen LogP contribution in [0.5, 0.6) is 0 Å². The number of imidazole rings is 1. The lowest BCUT2D eigenvalue weighted by molar-refractivity contribution is 0.292. The van der Waals surface area contributed by atoms with Gasteiger partial charge in [-0.05, 0) is 36.5 Å². The molecular formula is C16H20FN3. The van der Waals surface area contributed by atoms with Gasteiger partial charge in [0.1, 0.15) is 11.6 Å². The number of nitrogens with zero attached hydrogens (tertiary/aromatic N) is 2. The second-order valence-electron chi connectivity index (χ2n) is 5.58. The van der Waals surface area contributed by atoms with Gasteiger partial charge in [-0.1, -0.05) is 12.1 Å². The predicted octanol–water partition coefficient (Wildman–Crippen LogP) is 2.64. The molecular weight excluding hydrogens is 253 g/mol. The summed E-state index contributed by atoms with van der Waals surface area (Å²) in [5.74, 6) is 1.55. The molecule has 1 saturated carbocycles. The Labute approximate surface area is 118 Å². The van der Waals surface area contributed by atoms with Crippen molar-refractivity contribution in [1.82, 2.24) is 14.9 Å². The van der Waals surface area contributed by atoms with Gasteiger partial charge in [0.2, 0.25) is 0 Å². The summed E-state index contributed by atoms with van der Waals surface area (Å²) in [6, 6.07) is 7.51. The molecule has 0 radical (unpaired) electrons. The Hall–Kier alpha value is -1.68. The van der Waals surface area contributed by atoms with Crippen LogP contribution < -0.4 is 5.32 Å². The standard InChI is InChI=1S/C16H20FN3/c1-20-9-8-19-16(20)6-7-18-15-10-13(11-15)12-2-4-14(17)5-3-12/h2-5,8-9,13,15,18H,6-7,10-11H2,1H3. The number of halogens is 1. The second kappa shape index (κ2) is 5.75. The number of aromatic nitrogens is 2. The van der Waals surface area contributed by atoms with Crippen LogP contribution in [0.4, 0.5) is 4.39 Å². The van der Waals surface area contributed by atoms with Gasteiger partial charge in [0.05, 0.1) is 0 Å². The summed E-state index contributed by atoms with van der Waals surface area (Å²) in [6.07, 6.45) is 7.06. The van der Waals surface area contributed by atoms with E-state index in [-0.39, 0.29) is 5.82 Å². The van der Waals surface area contributed by atoms with Crippen LogP contribution in [0.3, 0.4) is 0 Å². The molecule has 1 fully saturated rings. The van der Waals surface area contributed by atoms with Crippen molar-refractivity contribution in [3.05, 3.63) is 53.9 Å². The van der Waals surface area contributed by atoms with E-state index in [4.69, 9.17) is 0 Å². The highest BCUT2D eigenvalue weighted by molar-refractivity contribution is 5.23. The number of hydrogen-bond acceptors (Lipinski definition) is 2. The molecule has 1 aliphatic carbocycles. The molecule has 1 N–H and O–H groups in total. The molecule has 0 aliphatic heterocycles. The third-order valence-corrected chi connectivity index (χ3v) is 4.18. The van der Waals surface area contributed by atoms with E-state index in [2.05, 4.69) is 14.9 Å². The average molecular weight is 273 g/mol. The Morgan fingerprint density at radius 1 is 1.30 bits per heavy atom. The van der Waals surface area contributed by atoms with Crippen LogP contribution in [0, 0.1) is 5.82 Å². The average Bonchev–Trinajstić information content (AvgIpc) is 2.79. The Kier molecular flexibility index (Phi) is 3.83. The highest BCUT2D eigenvalue weighted by Crippen LogP contribution is 2.36. The van der Waals surface area contributed by atoms with Crippen molar-refractivity contribution in [2.45, 2.75) is 31.2 Å². The maximum atomic E-state index is 12.9. The summed E-state index contributed by atoms with van der Waals surface area (Å²) in [7, 11) is 2.02. The first-order valence-electron chi connectivity index (χ1n) is 7.17. The Morgan fingerprint density at radius 3 is 2.70 bits per heavy atom. The maximum Gasteiger partial charge on any atom is 0.123 e. The van der Waals surface area contributed by atoms with Crippen molar-refractivity contribution in [2.24, 2.45) is 7.05 Å². The van der Waals surface area contributed by atoms with Crippen molar-refractivity contribution >= 4 is 0 Å². The molecule has 0 spiro atoms. The number of hydrogen-bond donors (Lipinski definition) is 1. The Morgan fingerprint density at radius 2 is 2.05 bits per heavy atom. The molecule has 106 valence electrons. The Balaban J connectivity index is 1.40. The molecule has 0 unspecified atom stereocenters. The summed E-state index contributed by atoms with van der Waals surface area (Å²) in [4.78, 5) is 4.31. The molecule has 1 aromatic heterocycles. The molecule has 3 rings (SSSR count). The van der Waals surface area contributed by atoms with Gasteiger partial charge >= 0.3 is 0 Å². The smallest absolute Gasteiger partial charge is 0.123 e. The van der Waals surface area contributed by atoms with E-state index in [0.29, 0.717) is 12.0 Å². The van der Waals surface area contributed by atoms with Crippen molar-refractivity contribution in [2.75, 3.05) is 6.54 Å². The lowest BCUT2D eigenvalue weighted by Crippen LogP contribution is -2.41. The van der Waals surface area contributed by atoms with E-state index >= 15 is 0 Å². The van der Waals surface area contributed by atoms with Crippen LogP contribution in [-0.4, -0.2) is 22.1 Å². The molecule has 3 nitrogen and oxygen atoms in total. The normalized spacial score (nSPS) is 21.7. The third kappa shape index (κ3) is 2.90. The van der Waals surface area contributed by atoms with Gasteiger partial charge in [-0.2, -0.15) is 0 Å². The van der Waals surface area contributed by atoms with E-state index in [1.54, 1.807) is 12.1 Å². The molecule has 0 saturated heterocycles. The lowest BCUT2D eigenvalue weighted by atomic mass is 9.76. The number of aryl methyl sites for hydroxylation is 1. The molecule has 0 bridgehead atoms. The minimum atomic E-state index is -0.155. The van der Waals surface area contributed by atoms with E-state index < -0.39 is 0 Å². The number of benzene rings is 1. The monoisotopic (exact) mass is 273 g/mol. The van der Waals surface area contributed by atoms with Gasteiger partial charge in [0.15, 0.2) is 0 Å². The largest absolute Gasteiger partial charge is 0.338 e. The summed E-state index contributed by atoms with van der Waals surface area (Å²) >= 11 is 0. The fourth-order valence-corrected chi connectivity index (χ4v) is 2.82. The van der Waals surface area contributed by atoms with Crippen LogP contribution in [-0.2, 0) is 13.5 Å². The first-order valence-corrected chi connectivity index (χ1v) is 7.17. The summed E-state index contributed by atoms with van der Waals surface area (Å²) in [5, 5.41) is 3.57. The highest BCUT2D eigenvalue weighted by atomic mass is 19.1. The van der Waals surface area contributed by atoms with Crippen molar-refractivity contribution in [1.29, 1.82) is 0 Å². The molecule has 2 aromatic rings. The first-order chi connectivity index (χ1) is 9.72. The van der Waals surface area contributed by atoms with Gasteiger partial charge in [-0.25, -0.2) is 9.37 Å². The number of nitrogens with one attached hydrogen (secondary N) is 1. The minimum Gasteiger partial charge on any atom is -0.338 e. The molecule has 20 heavy (non-hydrogen) atoms. The Bertz CT molecular complexity index is 555. The number of rotatable bonds is 5. The van der Waals surface area contributed by atoms with E-state index in [0.717, 1.165) is 31.6 Å². The summed E-state index contributed by atoms with van der Waals surface area (Å²) < 4.78 is 14.9. The molecule has 1 aromatic carbocycles. The van der Waals surface area contributed by atoms with Crippen molar-refractivity contribution in [3.63, 3.8) is 0 Å². The fraction of sp³-hybridized carbons (Fsp3) is 0.438. The van der Waals surface area contributed by atoms with Crippen LogP contribution >= 0.6 is 0 Å². The highest BCUT2D eigenvalue weighted by Gasteiger charge is 2.29. The van der Waals surface area contributed by atoms with Gasteiger partial charge in [-0.3, -0.25) is 0 Å². The third-order valence-electron chi connectivity index (χ3n) is 4.18. The minimum absolute atomic E-state index is 0.155. The fourth-order valence-electron chi connectivity index (χ4n) is 2.82. The van der Waals surface area contributed by atoms with Gasteiger partial charge < -0.3 is 9.88 Å². The van der Waals surface area contributed by atoms with E-state index in [9.17, 15) is 4.39 Å². The maximum absolute atomic E-state index is 12.9. The topological polar surface area (TPSA) is 29.9 Å². The quantitative estimate of drug-likeness (QED) is 0.907. The summed E-state index contributed by atoms with van der Waals surface area (Å²) in [6.45, 7) is 0.964. The molecule has 4 heteroatoms. The van der Waals surface area contributed by atoms with Crippen molar-refractivity contribution in [3.8, 4) is 0 Å². The SMILES string of the molecule is Cn1ccnc1CCNC1CC(c2ccc(F)cc2)C1. The predicted molar refractivity (Wildman–Crippen MR) is 77.1 cm³/mol. The zero-order chi connectivity index (χ0) is 13.9. The van der Waals surface area contributed by atoms with Crippen LogP contribution in [0.2, 0.25) is 0 Å². The molecule has 1 heterocycles. The first kappa shape index (κ1) is 13.3. The second-order valence-corrected chi connectivity index (χ2v) is 5.58. The van der Waals surface area contributed by atoms with Crippen LogP contribution in [0.1, 0.15) is 30.1 Å². The zero-order valence-electron chi connectivity index (χ0n) is 11.7. The van der Waals surface area contributed by atoms with Crippen LogP contribution in [0.15, 0.2) is 36.7 Å².